The number of halogens is 3. The normalized spacial score (nSPS) is 26.8. The van der Waals surface area contributed by atoms with Crippen LogP contribution in [0.2, 0.25) is 0 Å². The summed E-state index contributed by atoms with van der Waals surface area (Å²) in [5, 5.41) is 0. The molecule has 1 amide bonds. The van der Waals surface area contributed by atoms with E-state index in [0.29, 0.717) is 12.8 Å². The number of nitrogens with zero attached hydrogens (tertiary/aromatic N) is 1. The van der Waals surface area contributed by atoms with Crippen molar-refractivity contribution in [3.05, 3.63) is 35.4 Å². The number of benzene rings is 1. The second kappa shape index (κ2) is 5.73. The SMILES string of the molecule is CS(=O)(=O)NC1CC2CC1CN2C(=O)c1ccccc1C(F)(F)F. The number of fused-ring (bicyclic) bond motifs is 2. The molecule has 1 heterocycles. The first-order chi connectivity index (χ1) is 11.1. The first-order valence-corrected chi connectivity index (χ1v) is 9.40. The van der Waals surface area contributed by atoms with Crippen LogP contribution in [0.25, 0.3) is 0 Å². The Hall–Kier alpha value is -1.61. The molecular weight excluding hydrogens is 345 g/mol. The molecule has 3 rings (SSSR count). The van der Waals surface area contributed by atoms with Crippen LogP contribution in [0.15, 0.2) is 24.3 Å². The summed E-state index contributed by atoms with van der Waals surface area (Å²) in [7, 11) is -3.35. The average molecular weight is 362 g/mol. The minimum Gasteiger partial charge on any atom is -0.335 e. The lowest BCUT2D eigenvalue weighted by Crippen LogP contribution is -2.47. The molecule has 3 unspecified atom stereocenters. The quantitative estimate of drug-likeness (QED) is 0.893. The maximum atomic E-state index is 13.1. The van der Waals surface area contributed by atoms with Gasteiger partial charge in [0.15, 0.2) is 0 Å². The van der Waals surface area contributed by atoms with Crippen LogP contribution in [-0.2, 0) is 16.2 Å². The van der Waals surface area contributed by atoms with Crippen molar-refractivity contribution in [1.29, 1.82) is 0 Å². The zero-order chi connectivity index (χ0) is 17.7. The lowest BCUT2D eigenvalue weighted by molar-refractivity contribution is -0.138. The first kappa shape index (κ1) is 17.2. The molecule has 0 spiro atoms. The fourth-order valence-electron chi connectivity index (χ4n) is 3.69. The number of likely N-dealkylation sites (tertiary alicyclic amines) is 1. The minimum atomic E-state index is -4.59. The highest BCUT2D eigenvalue weighted by atomic mass is 32.2. The van der Waals surface area contributed by atoms with E-state index >= 15 is 0 Å². The number of sulfonamides is 1. The number of nitrogens with one attached hydrogen (secondary N) is 1. The molecule has 2 aliphatic rings. The Labute approximate surface area is 137 Å². The molecule has 1 saturated heterocycles. The van der Waals surface area contributed by atoms with Gasteiger partial charge in [0.05, 0.1) is 17.4 Å². The van der Waals surface area contributed by atoms with Crippen LogP contribution in [-0.4, -0.2) is 44.1 Å². The van der Waals surface area contributed by atoms with Crippen molar-refractivity contribution in [3.63, 3.8) is 0 Å². The number of carbonyl (C=O) groups is 1. The predicted molar refractivity (Wildman–Crippen MR) is 80.8 cm³/mol. The maximum Gasteiger partial charge on any atom is 0.417 e. The molecular formula is C15H17F3N2O3S. The topological polar surface area (TPSA) is 66.5 Å². The van der Waals surface area contributed by atoms with Gasteiger partial charge in [0, 0.05) is 18.6 Å². The van der Waals surface area contributed by atoms with Gasteiger partial charge in [-0.15, -0.1) is 0 Å². The van der Waals surface area contributed by atoms with Crippen molar-refractivity contribution in [2.75, 3.05) is 12.8 Å². The van der Waals surface area contributed by atoms with Gasteiger partial charge in [-0.3, -0.25) is 4.79 Å². The van der Waals surface area contributed by atoms with E-state index in [4.69, 9.17) is 0 Å². The van der Waals surface area contributed by atoms with Gasteiger partial charge >= 0.3 is 6.18 Å². The van der Waals surface area contributed by atoms with Crippen molar-refractivity contribution in [3.8, 4) is 0 Å². The van der Waals surface area contributed by atoms with Gasteiger partial charge in [-0.2, -0.15) is 13.2 Å². The van der Waals surface area contributed by atoms with Crippen LogP contribution in [0.3, 0.4) is 0 Å². The van der Waals surface area contributed by atoms with Gasteiger partial charge < -0.3 is 4.90 Å². The van der Waals surface area contributed by atoms with E-state index in [1.165, 1.54) is 23.1 Å². The molecule has 1 saturated carbocycles. The third-order valence-corrected chi connectivity index (χ3v) is 5.36. The van der Waals surface area contributed by atoms with Crippen molar-refractivity contribution in [2.45, 2.75) is 31.1 Å². The highest BCUT2D eigenvalue weighted by Gasteiger charge is 2.48. The number of hydrogen-bond acceptors (Lipinski definition) is 3. The molecule has 1 aliphatic heterocycles. The lowest BCUT2D eigenvalue weighted by atomic mass is 10.0. The second-order valence-corrected chi connectivity index (χ2v) is 8.16. The zero-order valence-electron chi connectivity index (χ0n) is 12.9. The molecule has 1 aliphatic carbocycles. The van der Waals surface area contributed by atoms with E-state index in [-0.39, 0.29) is 30.1 Å². The van der Waals surface area contributed by atoms with Crippen molar-refractivity contribution in [2.24, 2.45) is 5.92 Å². The third kappa shape index (κ3) is 3.27. The van der Waals surface area contributed by atoms with Crippen LogP contribution in [0, 0.1) is 5.92 Å². The van der Waals surface area contributed by atoms with Gasteiger partial charge in [-0.1, -0.05) is 12.1 Å². The van der Waals surface area contributed by atoms with Crippen LogP contribution in [0.1, 0.15) is 28.8 Å². The lowest BCUT2D eigenvalue weighted by Gasteiger charge is -2.32. The summed E-state index contributed by atoms with van der Waals surface area (Å²) in [5.74, 6) is -0.708. The molecule has 0 aromatic heterocycles. The molecule has 2 fully saturated rings. The number of piperidine rings is 1. The summed E-state index contributed by atoms with van der Waals surface area (Å²) in [6, 6.07) is 4.25. The number of carbonyl (C=O) groups excluding carboxylic acids is 1. The number of amides is 1. The van der Waals surface area contributed by atoms with Gasteiger partial charge in [0.1, 0.15) is 0 Å². The number of alkyl halides is 3. The average Bonchev–Trinajstić information content (AvgIpc) is 3.03. The molecule has 2 bridgehead atoms. The number of rotatable bonds is 3. The van der Waals surface area contributed by atoms with E-state index < -0.39 is 27.7 Å². The maximum absolute atomic E-state index is 13.1. The van der Waals surface area contributed by atoms with Crippen LogP contribution in [0.4, 0.5) is 13.2 Å². The van der Waals surface area contributed by atoms with Crippen molar-refractivity contribution < 1.29 is 26.4 Å². The first-order valence-electron chi connectivity index (χ1n) is 7.51. The Morgan fingerprint density at radius 2 is 1.92 bits per heavy atom. The molecule has 9 heteroatoms. The summed E-state index contributed by atoms with van der Waals surface area (Å²) in [6.45, 7) is 0.267. The summed E-state index contributed by atoms with van der Waals surface area (Å²) in [5.41, 5.74) is -1.30. The van der Waals surface area contributed by atoms with E-state index in [0.717, 1.165) is 12.3 Å². The molecule has 0 radical (unpaired) electrons. The Morgan fingerprint density at radius 3 is 2.46 bits per heavy atom. The fourth-order valence-corrected chi connectivity index (χ4v) is 4.53. The molecule has 3 atom stereocenters. The van der Waals surface area contributed by atoms with E-state index in [2.05, 4.69) is 4.72 Å². The van der Waals surface area contributed by atoms with Gasteiger partial charge in [0.2, 0.25) is 10.0 Å². The summed E-state index contributed by atoms with van der Waals surface area (Å²) in [4.78, 5) is 14.0. The Morgan fingerprint density at radius 1 is 1.25 bits per heavy atom. The van der Waals surface area contributed by atoms with Crippen molar-refractivity contribution >= 4 is 15.9 Å². The fraction of sp³-hybridized carbons (Fsp3) is 0.533. The summed E-state index contributed by atoms with van der Waals surface area (Å²) < 4.78 is 64.5. The van der Waals surface area contributed by atoms with Crippen LogP contribution in [0.5, 0.6) is 0 Å². The molecule has 1 aromatic carbocycles. The van der Waals surface area contributed by atoms with E-state index in [9.17, 15) is 26.4 Å². The Balaban J connectivity index is 1.79. The van der Waals surface area contributed by atoms with Gasteiger partial charge in [0.25, 0.3) is 5.91 Å². The number of hydrogen-bond donors (Lipinski definition) is 1. The predicted octanol–water partition coefficient (Wildman–Crippen LogP) is 1.86. The third-order valence-electron chi connectivity index (χ3n) is 4.63. The zero-order valence-corrected chi connectivity index (χ0v) is 13.7. The van der Waals surface area contributed by atoms with E-state index in [1.807, 2.05) is 0 Å². The largest absolute Gasteiger partial charge is 0.417 e. The molecule has 1 N–H and O–H groups in total. The molecule has 24 heavy (non-hydrogen) atoms. The highest BCUT2D eigenvalue weighted by Crippen LogP contribution is 2.40. The second-order valence-electron chi connectivity index (χ2n) is 6.38. The van der Waals surface area contributed by atoms with Crippen molar-refractivity contribution in [1.82, 2.24) is 9.62 Å². The highest BCUT2D eigenvalue weighted by molar-refractivity contribution is 7.88. The molecule has 1 aromatic rings. The monoisotopic (exact) mass is 362 g/mol. The Bertz CT molecular complexity index is 763. The summed E-state index contributed by atoms with van der Waals surface area (Å²) >= 11 is 0. The van der Waals surface area contributed by atoms with Crippen LogP contribution >= 0.6 is 0 Å². The Kier molecular flexibility index (Phi) is 4.11. The standard InChI is InChI=1S/C15H17F3N2O3S/c1-24(22,23)19-13-7-10-6-9(13)8-20(10)14(21)11-4-2-3-5-12(11)15(16,17)18/h2-5,9-10,13,19H,6-8H2,1H3. The van der Waals surface area contributed by atoms with Crippen LogP contribution < -0.4 is 4.72 Å². The van der Waals surface area contributed by atoms with Gasteiger partial charge in [-0.05, 0) is 30.9 Å². The summed E-state index contributed by atoms with van der Waals surface area (Å²) in [6.07, 6.45) is -2.49. The minimum absolute atomic E-state index is 0.0632. The molecule has 132 valence electrons. The molecule has 5 nitrogen and oxygen atoms in total. The van der Waals surface area contributed by atoms with E-state index in [1.54, 1.807) is 0 Å². The smallest absolute Gasteiger partial charge is 0.335 e. The van der Waals surface area contributed by atoms with Gasteiger partial charge in [-0.25, -0.2) is 13.1 Å².